The van der Waals surface area contributed by atoms with E-state index >= 15 is 0 Å². The van der Waals surface area contributed by atoms with E-state index in [9.17, 15) is 0 Å². The van der Waals surface area contributed by atoms with Crippen molar-refractivity contribution in [2.75, 3.05) is 13.2 Å². The minimum Gasteiger partial charge on any atom is -0.490 e. The summed E-state index contributed by atoms with van der Waals surface area (Å²) >= 11 is 0. The van der Waals surface area contributed by atoms with Crippen LogP contribution in [0.4, 0.5) is 0 Å². The summed E-state index contributed by atoms with van der Waals surface area (Å²) in [5.74, 6) is 3.45. The zero-order valence-corrected chi connectivity index (χ0v) is 15.5. The van der Waals surface area contributed by atoms with Gasteiger partial charge in [0.2, 0.25) is 0 Å². The monoisotopic (exact) mass is 342 g/mol. The number of hydrogen-bond acceptors (Lipinski definition) is 3. The van der Waals surface area contributed by atoms with Gasteiger partial charge in [-0.25, -0.2) is 0 Å². The van der Waals surface area contributed by atoms with Gasteiger partial charge < -0.3 is 14.2 Å². The first-order valence-corrected chi connectivity index (χ1v) is 10.1. The van der Waals surface area contributed by atoms with Crippen LogP contribution in [0.15, 0.2) is 24.3 Å². The van der Waals surface area contributed by atoms with E-state index in [0.29, 0.717) is 18.6 Å². The molecule has 5 fully saturated rings. The quantitative estimate of drug-likeness (QED) is 0.795. The minimum absolute atomic E-state index is 0.0272. The third-order valence-corrected chi connectivity index (χ3v) is 6.99. The van der Waals surface area contributed by atoms with Crippen molar-refractivity contribution in [2.45, 2.75) is 69.7 Å². The third kappa shape index (κ3) is 2.90. The Morgan fingerprint density at radius 2 is 1.64 bits per heavy atom. The summed E-state index contributed by atoms with van der Waals surface area (Å²) in [5, 5.41) is 0. The van der Waals surface area contributed by atoms with E-state index in [2.05, 4.69) is 24.3 Å². The van der Waals surface area contributed by atoms with Gasteiger partial charge >= 0.3 is 0 Å². The molecule has 0 spiro atoms. The Kier molecular flexibility index (Phi) is 3.69. The zero-order valence-electron chi connectivity index (χ0n) is 15.5. The molecular weight excluding hydrogens is 312 g/mol. The number of para-hydroxylation sites is 1. The van der Waals surface area contributed by atoms with E-state index in [1.165, 1.54) is 44.1 Å². The molecule has 1 heterocycles. The molecule has 1 unspecified atom stereocenters. The first-order chi connectivity index (χ1) is 12.0. The predicted molar refractivity (Wildman–Crippen MR) is 96.7 cm³/mol. The van der Waals surface area contributed by atoms with Crippen LogP contribution >= 0.6 is 0 Å². The fraction of sp³-hybridized carbons (Fsp3) is 0.727. The molecule has 25 heavy (non-hydrogen) atoms. The first-order valence-electron chi connectivity index (χ1n) is 10.1. The van der Waals surface area contributed by atoms with Gasteiger partial charge in [0.25, 0.3) is 0 Å². The SMILES string of the molecule is CC1(C)OCC(COc2ccccc2C23CC4CC(CC(C4)C2)C3)O1. The molecule has 4 saturated carbocycles. The highest BCUT2D eigenvalue weighted by Gasteiger charge is 2.52. The second kappa shape index (κ2) is 5.72. The highest BCUT2D eigenvalue weighted by atomic mass is 16.7. The standard InChI is InChI=1S/C22H30O3/c1-21(2)24-14-18(25-21)13-23-20-6-4-3-5-19(20)22-10-15-7-16(11-22)9-17(8-15)12-22/h3-6,15-18H,7-14H2,1-2H3. The van der Waals surface area contributed by atoms with E-state index in [-0.39, 0.29) is 6.10 Å². The molecular formula is C22H30O3. The van der Waals surface area contributed by atoms with E-state index in [1.54, 1.807) is 0 Å². The molecule has 0 amide bonds. The number of hydrogen-bond donors (Lipinski definition) is 0. The third-order valence-electron chi connectivity index (χ3n) is 6.99. The summed E-state index contributed by atoms with van der Waals surface area (Å²) in [5.41, 5.74) is 1.84. The van der Waals surface area contributed by atoms with Crippen molar-refractivity contribution in [1.29, 1.82) is 0 Å². The van der Waals surface area contributed by atoms with Crippen LogP contribution in [-0.4, -0.2) is 25.1 Å². The fourth-order valence-corrected chi connectivity index (χ4v) is 6.50. The Balaban J connectivity index is 1.36. The van der Waals surface area contributed by atoms with Gasteiger partial charge in [0, 0.05) is 5.56 Å². The van der Waals surface area contributed by atoms with E-state index in [1.807, 2.05) is 13.8 Å². The predicted octanol–water partition coefficient (Wildman–Crippen LogP) is 4.68. The summed E-state index contributed by atoms with van der Waals surface area (Å²) in [6, 6.07) is 8.79. The van der Waals surface area contributed by atoms with Crippen molar-refractivity contribution in [2.24, 2.45) is 17.8 Å². The number of rotatable bonds is 4. The van der Waals surface area contributed by atoms with Crippen molar-refractivity contribution in [3.8, 4) is 5.75 Å². The van der Waals surface area contributed by atoms with E-state index in [0.717, 1.165) is 23.5 Å². The summed E-state index contributed by atoms with van der Waals surface area (Å²) in [7, 11) is 0. The van der Waals surface area contributed by atoms with Crippen molar-refractivity contribution >= 4 is 0 Å². The molecule has 1 aromatic rings. The normalized spacial score (nSPS) is 41.2. The van der Waals surface area contributed by atoms with Crippen LogP contribution in [0, 0.1) is 17.8 Å². The molecule has 0 aromatic heterocycles. The van der Waals surface area contributed by atoms with Crippen LogP contribution in [0.5, 0.6) is 5.75 Å². The maximum Gasteiger partial charge on any atom is 0.163 e. The van der Waals surface area contributed by atoms with Crippen LogP contribution < -0.4 is 4.74 Å². The molecule has 3 heteroatoms. The van der Waals surface area contributed by atoms with Crippen molar-refractivity contribution < 1.29 is 14.2 Å². The number of benzene rings is 1. The Morgan fingerprint density at radius 3 is 2.24 bits per heavy atom. The van der Waals surface area contributed by atoms with Crippen LogP contribution in [0.3, 0.4) is 0 Å². The molecule has 0 N–H and O–H groups in total. The molecule has 1 saturated heterocycles. The Bertz CT molecular complexity index is 615. The zero-order chi connectivity index (χ0) is 17.1. The second-order valence-corrected chi connectivity index (χ2v) is 9.46. The average molecular weight is 342 g/mol. The lowest BCUT2D eigenvalue weighted by atomic mass is 9.48. The molecule has 4 aliphatic carbocycles. The molecule has 5 aliphatic rings. The maximum absolute atomic E-state index is 6.30. The lowest BCUT2D eigenvalue weighted by Crippen LogP contribution is -2.48. The molecule has 4 bridgehead atoms. The topological polar surface area (TPSA) is 27.7 Å². The van der Waals surface area contributed by atoms with Gasteiger partial charge in [0.15, 0.2) is 5.79 Å². The molecule has 3 nitrogen and oxygen atoms in total. The van der Waals surface area contributed by atoms with Crippen molar-refractivity contribution in [3.63, 3.8) is 0 Å². The van der Waals surface area contributed by atoms with Gasteiger partial charge in [0.1, 0.15) is 18.5 Å². The smallest absolute Gasteiger partial charge is 0.163 e. The summed E-state index contributed by atoms with van der Waals surface area (Å²) in [6.07, 6.45) is 8.57. The Morgan fingerprint density at radius 1 is 1.00 bits per heavy atom. The van der Waals surface area contributed by atoms with Gasteiger partial charge in [-0.05, 0) is 81.6 Å². The van der Waals surface area contributed by atoms with Crippen LogP contribution in [0.2, 0.25) is 0 Å². The fourth-order valence-electron chi connectivity index (χ4n) is 6.50. The van der Waals surface area contributed by atoms with Crippen LogP contribution in [0.1, 0.15) is 57.9 Å². The largest absolute Gasteiger partial charge is 0.490 e. The molecule has 0 radical (unpaired) electrons. The minimum atomic E-state index is -0.479. The maximum atomic E-state index is 6.30. The first kappa shape index (κ1) is 16.1. The molecule has 1 atom stereocenters. The molecule has 6 rings (SSSR count). The molecule has 1 aromatic carbocycles. The van der Waals surface area contributed by atoms with Crippen molar-refractivity contribution in [1.82, 2.24) is 0 Å². The van der Waals surface area contributed by atoms with Gasteiger partial charge in [0.05, 0.1) is 6.61 Å². The van der Waals surface area contributed by atoms with Gasteiger partial charge in [-0.1, -0.05) is 18.2 Å². The highest BCUT2D eigenvalue weighted by Crippen LogP contribution is 2.61. The van der Waals surface area contributed by atoms with Crippen LogP contribution in [-0.2, 0) is 14.9 Å². The van der Waals surface area contributed by atoms with Crippen LogP contribution in [0.25, 0.3) is 0 Å². The van der Waals surface area contributed by atoms with Gasteiger partial charge in [-0.15, -0.1) is 0 Å². The molecule has 136 valence electrons. The van der Waals surface area contributed by atoms with E-state index in [4.69, 9.17) is 14.2 Å². The second-order valence-electron chi connectivity index (χ2n) is 9.46. The summed E-state index contributed by atoms with van der Waals surface area (Å²) in [6.45, 7) is 5.13. The number of ether oxygens (including phenoxy) is 3. The van der Waals surface area contributed by atoms with Crippen molar-refractivity contribution in [3.05, 3.63) is 29.8 Å². The van der Waals surface area contributed by atoms with E-state index < -0.39 is 5.79 Å². The Hall–Kier alpha value is -1.06. The van der Waals surface area contributed by atoms with Gasteiger partial charge in [-0.3, -0.25) is 0 Å². The summed E-state index contributed by atoms with van der Waals surface area (Å²) < 4.78 is 17.9. The van der Waals surface area contributed by atoms with Gasteiger partial charge in [-0.2, -0.15) is 0 Å². The summed E-state index contributed by atoms with van der Waals surface area (Å²) in [4.78, 5) is 0. The Labute approximate surface area is 151 Å². The lowest BCUT2D eigenvalue weighted by molar-refractivity contribution is -0.141. The lowest BCUT2D eigenvalue weighted by Gasteiger charge is -2.57. The highest BCUT2D eigenvalue weighted by molar-refractivity contribution is 5.41. The molecule has 1 aliphatic heterocycles. The average Bonchev–Trinajstić information content (AvgIpc) is 2.91.